The number of aliphatic hydroxyl groups is 2. The van der Waals surface area contributed by atoms with Crippen LogP contribution in [0.3, 0.4) is 0 Å². The van der Waals surface area contributed by atoms with Gasteiger partial charge in [0.1, 0.15) is 5.75 Å². The second-order valence-corrected chi connectivity index (χ2v) is 5.04. The molecule has 0 spiro atoms. The van der Waals surface area contributed by atoms with Crippen LogP contribution < -0.4 is 4.74 Å². The highest BCUT2D eigenvalue weighted by Crippen LogP contribution is 2.28. The average Bonchev–Trinajstić information content (AvgIpc) is 2.47. The first kappa shape index (κ1) is 14.8. The second kappa shape index (κ2) is 6.72. The van der Waals surface area contributed by atoms with E-state index >= 15 is 0 Å². The molecule has 1 saturated carbocycles. The fourth-order valence-electron chi connectivity index (χ4n) is 2.46. The smallest absolute Gasteiger partial charge is 0.340 e. The molecule has 0 heterocycles. The summed E-state index contributed by atoms with van der Waals surface area (Å²) in [7, 11) is 1.54. The highest BCUT2D eigenvalue weighted by molar-refractivity contribution is 5.89. The number of ether oxygens (including phenoxy) is 2. The number of hydrogen-bond acceptors (Lipinski definition) is 5. The summed E-state index contributed by atoms with van der Waals surface area (Å²) in [5.74, 6) is -0.353. The van der Waals surface area contributed by atoms with Crippen LogP contribution in [-0.2, 0) is 4.74 Å². The number of carbonyl (C=O) groups excluding carboxylic acids is 1. The van der Waals surface area contributed by atoms with Crippen LogP contribution in [0.25, 0.3) is 0 Å². The highest BCUT2D eigenvalue weighted by atomic mass is 16.6. The van der Waals surface area contributed by atoms with Crippen LogP contribution in [0.5, 0.6) is 5.75 Å². The molecular weight excluding hydrogens is 260 g/mol. The van der Waals surface area contributed by atoms with E-state index in [-0.39, 0.29) is 0 Å². The first-order valence-corrected chi connectivity index (χ1v) is 6.83. The largest absolute Gasteiger partial charge is 0.497 e. The van der Waals surface area contributed by atoms with Crippen molar-refractivity contribution >= 4 is 5.97 Å². The van der Waals surface area contributed by atoms with Gasteiger partial charge in [0.2, 0.25) is 6.29 Å². The van der Waals surface area contributed by atoms with Gasteiger partial charge in [-0.15, -0.1) is 0 Å². The molecule has 5 nitrogen and oxygen atoms in total. The molecule has 0 radical (unpaired) electrons. The molecule has 3 atom stereocenters. The van der Waals surface area contributed by atoms with Crippen LogP contribution in [-0.4, -0.2) is 35.7 Å². The van der Waals surface area contributed by atoms with Gasteiger partial charge in [0.25, 0.3) is 0 Å². The third-order valence-electron chi connectivity index (χ3n) is 3.70. The van der Waals surface area contributed by atoms with Crippen LogP contribution in [0.15, 0.2) is 24.3 Å². The topological polar surface area (TPSA) is 76.0 Å². The molecule has 0 amide bonds. The lowest BCUT2D eigenvalue weighted by atomic mass is 9.86. The summed E-state index contributed by atoms with van der Waals surface area (Å²) in [5, 5.41) is 19.8. The second-order valence-electron chi connectivity index (χ2n) is 5.04. The molecule has 1 unspecified atom stereocenters. The number of esters is 1. The Balaban J connectivity index is 1.95. The average molecular weight is 280 g/mol. The van der Waals surface area contributed by atoms with Gasteiger partial charge < -0.3 is 19.7 Å². The Morgan fingerprint density at radius 2 is 1.90 bits per heavy atom. The Bertz CT molecular complexity index is 442. The zero-order chi connectivity index (χ0) is 14.5. The first-order chi connectivity index (χ1) is 9.61. The van der Waals surface area contributed by atoms with Crippen molar-refractivity contribution in [3.63, 3.8) is 0 Å². The standard InChI is InChI=1S/C15H20O5/c1-19-11-8-6-10(7-9-11)14(17)20-15(18)12-4-2-3-5-13(12)16/h6-9,12-13,15-16,18H,2-5H2,1H3/t12-,13-,15?/m0/s1. The van der Waals surface area contributed by atoms with Crippen molar-refractivity contribution in [2.24, 2.45) is 5.92 Å². The first-order valence-electron chi connectivity index (χ1n) is 6.83. The summed E-state index contributed by atoms with van der Waals surface area (Å²) < 4.78 is 10.0. The van der Waals surface area contributed by atoms with Crippen LogP contribution in [0.1, 0.15) is 36.0 Å². The molecule has 110 valence electrons. The van der Waals surface area contributed by atoms with Crippen molar-refractivity contribution in [3.8, 4) is 5.75 Å². The summed E-state index contributed by atoms with van der Waals surface area (Å²) >= 11 is 0. The number of hydrogen-bond donors (Lipinski definition) is 2. The summed E-state index contributed by atoms with van der Waals surface area (Å²) in [6.45, 7) is 0. The van der Waals surface area contributed by atoms with Gasteiger partial charge in [0.05, 0.1) is 18.8 Å². The predicted octanol–water partition coefficient (Wildman–Crippen LogP) is 1.72. The summed E-state index contributed by atoms with van der Waals surface area (Å²) in [6.07, 6.45) is 1.30. The van der Waals surface area contributed by atoms with Crippen molar-refractivity contribution in [1.82, 2.24) is 0 Å². The van der Waals surface area contributed by atoms with Gasteiger partial charge in [-0.25, -0.2) is 4.79 Å². The lowest BCUT2D eigenvalue weighted by molar-refractivity contribution is -0.135. The maximum absolute atomic E-state index is 11.9. The molecular formula is C15H20O5. The number of carbonyl (C=O) groups is 1. The van der Waals surface area contributed by atoms with E-state index < -0.39 is 24.3 Å². The normalized spacial score (nSPS) is 23.9. The van der Waals surface area contributed by atoms with E-state index in [0.717, 1.165) is 12.8 Å². The molecule has 0 bridgehead atoms. The maximum atomic E-state index is 11.9. The van der Waals surface area contributed by atoms with Gasteiger partial charge in [0.15, 0.2) is 0 Å². The zero-order valence-electron chi connectivity index (χ0n) is 11.5. The number of rotatable bonds is 4. The number of aliphatic hydroxyl groups excluding tert-OH is 2. The van der Waals surface area contributed by atoms with E-state index in [2.05, 4.69) is 0 Å². The minimum Gasteiger partial charge on any atom is -0.497 e. The van der Waals surface area contributed by atoms with E-state index in [1.165, 1.54) is 0 Å². The fraction of sp³-hybridized carbons (Fsp3) is 0.533. The lowest BCUT2D eigenvalue weighted by Crippen LogP contribution is -2.37. The summed E-state index contributed by atoms with van der Waals surface area (Å²) in [6, 6.07) is 6.45. The highest BCUT2D eigenvalue weighted by Gasteiger charge is 2.32. The molecule has 1 aliphatic carbocycles. The molecule has 1 aliphatic rings. The van der Waals surface area contributed by atoms with Gasteiger partial charge in [0, 0.05) is 5.92 Å². The van der Waals surface area contributed by atoms with Crippen molar-refractivity contribution in [2.45, 2.75) is 38.1 Å². The number of benzene rings is 1. The molecule has 5 heteroatoms. The van der Waals surface area contributed by atoms with Crippen molar-refractivity contribution in [3.05, 3.63) is 29.8 Å². The quantitative estimate of drug-likeness (QED) is 0.649. The molecule has 1 aromatic rings. The Morgan fingerprint density at radius 1 is 1.25 bits per heavy atom. The van der Waals surface area contributed by atoms with E-state index in [1.807, 2.05) is 0 Å². The van der Waals surface area contributed by atoms with Crippen LogP contribution in [0, 0.1) is 5.92 Å². The van der Waals surface area contributed by atoms with Crippen molar-refractivity contribution in [2.75, 3.05) is 7.11 Å². The Labute approximate surface area is 118 Å². The third-order valence-corrected chi connectivity index (χ3v) is 3.70. The van der Waals surface area contributed by atoms with Crippen LogP contribution in [0.4, 0.5) is 0 Å². The monoisotopic (exact) mass is 280 g/mol. The van der Waals surface area contributed by atoms with Gasteiger partial charge in [-0.1, -0.05) is 12.8 Å². The van der Waals surface area contributed by atoms with Gasteiger partial charge >= 0.3 is 5.97 Å². The molecule has 20 heavy (non-hydrogen) atoms. The molecule has 2 rings (SSSR count). The minimum absolute atomic E-state index is 0.343. The molecule has 2 N–H and O–H groups in total. The van der Waals surface area contributed by atoms with Gasteiger partial charge in [-0.2, -0.15) is 0 Å². The van der Waals surface area contributed by atoms with E-state index in [9.17, 15) is 15.0 Å². The van der Waals surface area contributed by atoms with Gasteiger partial charge in [-0.3, -0.25) is 0 Å². The predicted molar refractivity (Wildman–Crippen MR) is 72.4 cm³/mol. The van der Waals surface area contributed by atoms with E-state index in [1.54, 1.807) is 31.4 Å². The molecule has 0 aromatic heterocycles. The third kappa shape index (κ3) is 3.49. The SMILES string of the molecule is COc1ccc(C(=O)OC(O)[C@H]2CCCC[C@@H]2O)cc1. The Morgan fingerprint density at radius 3 is 2.50 bits per heavy atom. The minimum atomic E-state index is -1.26. The summed E-state index contributed by atoms with van der Waals surface area (Å²) in [5.41, 5.74) is 0.343. The van der Waals surface area contributed by atoms with Crippen molar-refractivity contribution in [1.29, 1.82) is 0 Å². The fourth-order valence-corrected chi connectivity index (χ4v) is 2.46. The maximum Gasteiger partial charge on any atom is 0.340 e. The van der Waals surface area contributed by atoms with Crippen LogP contribution in [0.2, 0.25) is 0 Å². The Hall–Kier alpha value is -1.59. The van der Waals surface area contributed by atoms with Crippen molar-refractivity contribution < 1.29 is 24.5 Å². The zero-order valence-corrected chi connectivity index (χ0v) is 11.5. The molecule has 0 aliphatic heterocycles. The van der Waals surface area contributed by atoms with E-state index in [0.29, 0.717) is 24.2 Å². The molecule has 1 aromatic carbocycles. The lowest BCUT2D eigenvalue weighted by Gasteiger charge is -2.30. The molecule has 1 fully saturated rings. The van der Waals surface area contributed by atoms with Gasteiger partial charge in [-0.05, 0) is 37.1 Å². The number of methoxy groups -OCH3 is 1. The summed E-state index contributed by atoms with van der Waals surface area (Å²) in [4.78, 5) is 11.9. The Kier molecular flexibility index (Phi) is 4.98. The molecule has 0 saturated heterocycles. The van der Waals surface area contributed by atoms with E-state index in [4.69, 9.17) is 9.47 Å². The van der Waals surface area contributed by atoms with Crippen LogP contribution >= 0.6 is 0 Å².